The molecule has 0 radical (unpaired) electrons. The largest absolute Gasteiger partial charge is 0.497 e. The molecule has 0 spiro atoms. The summed E-state index contributed by atoms with van der Waals surface area (Å²) < 4.78 is 43.1. The second kappa shape index (κ2) is 11.2. The molecule has 1 amide bonds. The minimum Gasteiger partial charge on any atom is -0.497 e. The zero-order valence-electron chi connectivity index (χ0n) is 18.9. The van der Waals surface area contributed by atoms with Gasteiger partial charge < -0.3 is 20.4 Å². The number of hydrogen-bond donors (Lipinski definition) is 3. The molecule has 0 bridgehead atoms. The maximum atomic E-state index is 12.6. The van der Waals surface area contributed by atoms with Crippen LogP contribution < -0.4 is 15.4 Å². The number of alkyl halides is 3. The maximum absolute atomic E-state index is 12.6. The van der Waals surface area contributed by atoms with E-state index in [0.29, 0.717) is 18.2 Å². The van der Waals surface area contributed by atoms with Crippen LogP contribution in [0.3, 0.4) is 0 Å². The number of aromatic amines is 1. The van der Waals surface area contributed by atoms with Crippen molar-refractivity contribution in [3.63, 3.8) is 0 Å². The zero-order valence-corrected chi connectivity index (χ0v) is 18.9. The van der Waals surface area contributed by atoms with Crippen molar-refractivity contribution in [3.8, 4) is 5.75 Å². The summed E-state index contributed by atoms with van der Waals surface area (Å²) in [6.45, 7) is 2.97. The highest BCUT2D eigenvalue weighted by Crippen LogP contribution is 2.30. The highest BCUT2D eigenvalue weighted by Gasteiger charge is 2.29. The molecule has 0 aliphatic carbocycles. The molecule has 2 aromatic carbocycles. The van der Waals surface area contributed by atoms with E-state index in [1.807, 2.05) is 24.4 Å². The molecule has 5 nitrogen and oxygen atoms in total. The summed E-state index contributed by atoms with van der Waals surface area (Å²) in [6, 6.07) is 10.8. The summed E-state index contributed by atoms with van der Waals surface area (Å²) in [6.07, 6.45) is 1.44. The maximum Gasteiger partial charge on any atom is 0.416 e. The number of ether oxygens (including phenoxy) is 1. The summed E-state index contributed by atoms with van der Waals surface area (Å²) in [4.78, 5) is 15.3. The van der Waals surface area contributed by atoms with Gasteiger partial charge in [-0.3, -0.25) is 4.79 Å². The molecule has 3 N–H and O–H groups in total. The number of amides is 1. The lowest BCUT2D eigenvalue weighted by molar-refractivity contribution is -0.137. The number of methoxy groups -OCH3 is 1. The SMILES string of the molecule is COc1ccc2[nH]cc(CCNC(C)CCCCC(=O)Nc3ccc(C(F)(F)F)cc3)c2c1. The third-order valence-electron chi connectivity index (χ3n) is 5.65. The van der Waals surface area contributed by atoms with Crippen LogP contribution in [0.4, 0.5) is 18.9 Å². The van der Waals surface area contributed by atoms with E-state index in [-0.39, 0.29) is 5.91 Å². The van der Waals surface area contributed by atoms with Crippen molar-refractivity contribution >= 4 is 22.5 Å². The Hall–Kier alpha value is -3.00. The Kier molecular flexibility index (Phi) is 8.38. The van der Waals surface area contributed by atoms with Gasteiger partial charge in [0.1, 0.15) is 5.75 Å². The number of carbonyl (C=O) groups excluding carboxylic acids is 1. The third kappa shape index (κ3) is 7.25. The number of halogens is 3. The first-order valence-corrected chi connectivity index (χ1v) is 11.1. The molecule has 0 fully saturated rings. The van der Waals surface area contributed by atoms with E-state index in [1.165, 1.54) is 23.1 Å². The van der Waals surface area contributed by atoms with Crippen LogP contribution in [0.25, 0.3) is 10.9 Å². The molecular formula is C25H30F3N3O2. The van der Waals surface area contributed by atoms with E-state index < -0.39 is 11.7 Å². The molecule has 3 aromatic rings. The number of benzene rings is 2. The van der Waals surface area contributed by atoms with Gasteiger partial charge in [-0.15, -0.1) is 0 Å². The molecule has 0 aliphatic heterocycles. The average molecular weight is 462 g/mol. The van der Waals surface area contributed by atoms with Gasteiger partial charge in [-0.2, -0.15) is 13.2 Å². The van der Waals surface area contributed by atoms with Crippen LogP contribution in [0.2, 0.25) is 0 Å². The van der Waals surface area contributed by atoms with E-state index in [4.69, 9.17) is 4.74 Å². The highest BCUT2D eigenvalue weighted by atomic mass is 19.4. The van der Waals surface area contributed by atoms with E-state index in [2.05, 4.69) is 22.5 Å². The number of hydrogen-bond acceptors (Lipinski definition) is 3. The second-order valence-electron chi connectivity index (χ2n) is 8.20. The number of aromatic nitrogens is 1. The summed E-state index contributed by atoms with van der Waals surface area (Å²) in [5.74, 6) is 0.650. The van der Waals surface area contributed by atoms with Crippen LogP contribution in [0.15, 0.2) is 48.7 Å². The molecule has 0 saturated heterocycles. The lowest BCUT2D eigenvalue weighted by atomic mass is 10.1. The first kappa shape index (κ1) is 24.6. The molecule has 0 saturated carbocycles. The first-order chi connectivity index (χ1) is 15.8. The van der Waals surface area contributed by atoms with Crippen molar-refractivity contribution in [2.24, 2.45) is 0 Å². The topological polar surface area (TPSA) is 66.1 Å². The monoisotopic (exact) mass is 461 g/mol. The van der Waals surface area contributed by atoms with Gasteiger partial charge in [0.25, 0.3) is 0 Å². The Labute approximate surface area is 191 Å². The second-order valence-corrected chi connectivity index (χ2v) is 8.20. The van der Waals surface area contributed by atoms with Gasteiger partial charge in [0, 0.05) is 35.2 Å². The number of fused-ring (bicyclic) bond motifs is 1. The number of rotatable bonds is 11. The van der Waals surface area contributed by atoms with Crippen molar-refractivity contribution < 1.29 is 22.7 Å². The predicted molar refractivity (Wildman–Crippen MR) is 125 cm³/mol. The Bertz CT molecular complexity index is 1050. The number of unbranched alkanes of at least 4 members (excludes halogenated alkanes) is 1. The Morgan fingerprint density at radius 2 is 1.88 bits per heavy atom. The van der Waals surface area contributed by atoms with Gasteiger partial charge >= 0.3 is 6.18 Å². The number of carbonyl (C=O) groups is 1. The fourth-order valence-electron chi connectivity index (χ4n) is 3.75. The van der Waals surface area contributed by atoms with Crippen molar-refractivity contribution in [1.82, 2.24) is 10.3 Å². The molecule has 1 heterocycles. The Morgan fingerprint density at radius 3 is 2.58 bits per heavy atom. The lowest BCUT2D eigenvalue weighted by Gasteiger charge is -2.13. The quantitative estimate of drug-likeness (QED) is 0.311. The van der Waals surface area contributed by atoms with E-state index in [1.54, 1.807) is 7.11 Å². The predicted octanol–water partition coefficient (Wildman–Crippen LogP) is 5.92. The Balaban J connectivity index is 1.32. The van der Waals surface area contributed by atoms with Gasteiger partial charge in [0.05, 0.1) is 12.7 Å². The van der Waals surface area contributed by atoms with E-state index >= 15 is 0 Å². The van der Waals surface area contributed by atoms with Crippen LogP contribution in [-0.4, -0.2) is 30.6 Å². The zero-order chi connectivity index (χ0) is 23.8. The number of nitrogens with one attached hydrogen (secondary N) is 3. The van der Waals surface area contributed by atoms with E-state index in [9.17, 15) is 18.0 Å². The van der Waals surface area contributed by atoms with Gasteiger partial charge in [-0.25, -0.2) is 0 Å². The summed E-state index contributed by atoms with van der Waals surface area (Å²) in [7, 11) is 1.66. The van der Waals surface area contributed by atoms with Gasteiger partial charge in [0.2, 0.25) is 5.91 Å². The van der Waals surface area contributed by atoms with Crippen LogP contribution in [0.5, 0.6) is 5.75 Å². The lowest BCUT2D eigenvalue weighted by Crippen LogP contribution is -2.28. The highest BCUT2D eigenvalue weighted by molar-refractivity contribution is 5.90. The molecular weight excluding hydrogens is 431 g/mol. The normalized spacial score (nSPS) is 12.6. The van der Waals surface area contributed by atoms with Crippen LogP contribution in [-0.2, 0) is 17.4 Å². The summed E-state index contributed by atoms with van der Waals surface area (Å²) >= 11 is 0. The summed E-state index contributed by atoms with van der Waals surface area (Å²) in [5, 5.41) is 7.34. The molecule has 178 valence electrons. The molecule has 3 rings (SSSR count). The molecule has 0 aliphatic rings. The molecule has 1 unspecified atom stereocenters. The minimum atomic E-state index is -4.38. The third-order valence-corrected chi connectivity index (χ3v) is 5.65. The molecule has 1 aromatic heterocycles. The van der Waals surface area contributed by atoms with Crippen molar-refractivity contribution in [2.45, 2.75) is 51.2 Å². The van der Waals surface area contributed by atoms with Crippen LogP contribution in [0, 0.1) is 0 Å². The first-order valence-electron chi connectivity index (χ1n) is 11.1. The average Bonchev–Trinajstić information content (AvgIpc) is 3.18. The van der Waals surface area contributed by atoms with Crippen molar-refractivity contribution in [3.05, 3.63) is 59.8 Å². The minimum absolute atomic E-state index is 0.190. The fraction of sp³-hybridized carbons (Fsp3) is 0.400. The molecule has 1 atom stereocenters. The molecule has 33 heavy (non-hydrogen) atoms. The van der Waals surface area contributed by atoms with Crippen molar-refractivity contribution in [2.75, 3.05) is 19.0 Å². The van der Waals surface area contributed by atoms with Crippen LogP contribution in [0.1, 0.15) is 43.7 Å². The number of anilines is 1. The van der Waals surface area contributed by atoms with Gasteiger partial charge in [-0.1, -0.05) is 6.42 Å². The summed E-state index contributed by atoms with van der Waals surface area (Å²) in [5.41, 5.74) is 1.97. The van der Waals surface area contributed by atoms with Crippen molar-refractivity contribution in [1.29, 1.82) is 0 Å². The van der Waals surface area contributed by atoms with E-state index in [0.717, 1.165) is 55.6 Å². The standard InChI is InChI=1S/C25H30F3N3O2/c1-17(29-14-13-18-16-30-23-12-11-21(33-2)15-22(18)23)5-3-4-6-24(32)31-20-9-7-19(8-10-20)25(26,27)28/h7-12,15-17,29-30H,3-6,13-14H2,1-2H3,(H,31,32). The fourth-order valence-corrected chi connectivity index (χ4v) is 3.75. The number of H-pyrrole nitrogens is 1. The van der Waals surface area contributed by atoms with Gasteiger partial charge in [0.15, 0.2) is 0 Å². The van der Waals surface area contributed by atoms with Crippen LogP contribution >= 0.6 is 0 Å². The molecule has 8 heteroatoms. The van der Waals surface area contributed by atoms with Gasteiger partial charge in [-0.05, 0) is 80.8 Å². The smallest absolute Gasteiger partial charge is 0.416 e. The Morgan fingerprint density at radius 1 is 1.12 bits per heavy atom.